The zero-order valence-corrected chi connectivity index (χ0v) is 11.3. The summed E-state index contributed by atoms with van der Waals surface area (Å²) in [6.07, 6.45) is 5.10. The van der Waals surface area contributed by atoms with Gasteiger partial charge in [-0.2, -0.15) is 0 Å². The molecule has 0 aliphatic carbocycles. The Kier molecular flexibility index (Phi) is 3.84. The lowest BCUT2D eigenvalue weighted by Crippen LogP contribution is -2.47. The van der Waals surface area contributed by atoms with Gasteiger partial charge in [0.25, 0.3) is 0 Å². The third-order valence-electron chi connectivity index (χ3n) is 3.82. The fourth-order valence-electron chi connectivity index (χ4n) is 2.79. The molecule has 17 heavy (non-hydrogen) atoms. The molecule has 3 unspecified atom stereocenters. The Morgan fingerprint density at radius 2 is 2.24 bits per heavy atom. The zero-order valence-electron chi connectivity index (χ0n) is 11.3. The molecule has 1 aromatic heterocycles. The molecule has 0 bridgehead atoms. The van der Waals surface area contributed by atoms with Crippen LogP contribution in [0.5, 0.6) is 0 Å². The zero-order chi connectivity index (χ0) is 12.4. The second-order valence-corrected chi connectivity index (χ2v) is 5.42. The lowest BCUT2D eigenvalue weighted by molar-refractivity contribution is 0.166. The van der Waals surface area contributed by atoms with Crippen molar-refractivity contribution in [2.75, 3.05) is 20.1 Å². The number of hydrogen-bond acceptors (Lipinski definition) is 3. The van der Waals surface area contributed by atoms with Crippen molar-refractivity contribution in [3.05, 3.63) is 18.2 Å². The fraction of sp³-hybridized carbons (Fsp3) is 0.769. The Labute approximate surface area is 104 Å². The van der Waals surface area contributed by atoms with E-state index < -0.39 is 0 Å². The van der Waals surface area contributed by atoms with E-state index in [1.165, 1.54) is 19.5 Å². The van der Waals surface area contributed by atoms with Crippen LogP contribution in [0.3, 0.4) is 0 Å². The molecule has 1 aliphatic rings. The molecule has 0 radical (unpaired) electrons. The molecule has 0 spiro atoms. The highest BCUT2D eigenvalue weighted by atomic mass is 15.1. The lowest BCUT2D eigenvalue weighted by atomic mass is 9.93. The standard InChI is InChI=1S/C13H24N4/c1-10-9-16(3)7-5-12(10)15-11(2)13-14-6-8-17(13)4/h6,8,10-12,15H,5,7,9H2,1-4H3. The van der Waals surface area contributed by atoms with Gasteiger partial charge >= 0.3 is 0 Å². The molecule has 2 rings (SSSR count). The molecule has 4 heteroatoms. The van der Waals surface area contributed by atoms with Crippen LogP contribution in [-0.4, -0.2) is 40.6 Å². The number of imidazole rings is 1. The first-order chi connectivity index (χ1) is 8.08. The van der Waals surface area contributed by atoms with Gasteiger partial charge in [0.05, 0.1) is 6.04 Å². The summed E-state index contributed by atoms with van der Waals surface area (Å²) in [6, 6.07) is 0.934. The summed E-state index contributed by atoms with van der Waals surface area (Å²) in [5, 5.41) is 3.72. The quantitative estimate of drug-likeness (QED) is 0.861. The van der Waals surface area contributed by atoms with Crippen LogP contribution in [-0.2, 0) is 7.05 Å². The number of rotatable bonds is 3. The minimum Gasteiger partial charge on any atom is -0.337 e. The van der Waals surface area contributed by atoms with Crippen molar-refractivity contribution >= 4 is 0 Å². The minimum atomic E-state index is 0.325. The molecule has 3 atom stereocenters. The van der Waals surface area contributed by atoms with Gasteiger partial charge in [0.2, 0.25) is 0 Å². The van der Waals surface area contributed by atoms with Crippen molar-refractivity contribution in [1.82, 2.24) is 19.8 Å². The number of likely N-dealkylation sites (tertiary alicyclic amines) is 1. The fourth-order valence-corrected chi connectivity index (χ4v) is 2.79. The van der Waals surface area contributed by atoms with E-state index in [1.807, 2.05) is 12.4 Å². The molecule has 0 aromatic carbocycles. The van der Waals surface area contributed by atoms with Crippen LogP contribution in [0.4, 0.5) is 0 Å². The van der Waals surface area contributed by atoms with Gasteiger partial charge in [0, 0.05) is 32.0 Å². The maximum absolute atomic E-state index is 4.41. The van der Waals surface area contributed by atoms with Crippen LogP contribution >= 0.6 is 0 Å². The molecule has 1 N–H and O–H groups in total. The van der Waals surface area contributed by atoms with Gasteiger partial charge in [-0.3, -0.25) is 0 Å². The Morgan fingerprint density at radius 3 is 2.82 bits per heavy atom. The normalized spacial score (nSPS) is 28.2. The molecule has 1 aromatic rings. The summed E-state index contributed by atoms with van der Waals surface area (Å²) in [5.74, 6) is 1.83. The number of nitrogens with zero attached hydrogens (tertiary/aromatic N) is 3. The van der Waals surface area contributed by atoms with Crippen LogP contribution in [0, 0.1) is 5.92 Å². The summed E-state index contributed by atoms with van der Waals surface area (Å²) >= 11 is 0. The third kappa shape index (κ3) is 2.87. The van der Waals surface area contributed by atoms with E-state index in [0.717, 1.165) is 5.82 Å². The highest BCUT2D eigenvalue weighted by Crippen LogP contribution is 2.19. The predicted molar refractivity (Wildman–Crippen MR) is 69.8 cm³/mol. The molecule has 2 heterocycles. The maximum atomic E-state index is 4.41. The van der Waals surface area contributed by atoms with Crippen LogP contribution in [0.15, 0.2) is 12.4 Å². The Bertz CT molecular complexity index is 360. The summed E-state index contributed by atoms with van der Waals surface area (Å²) in [6.45, 7) is 6.91. The molecular weight excluding hydrogens is 212 g/mol. The topological polar surface area (TPSA) is 33.1 Å². The number of aryl methyl sites for hydroxylation is 1. The van der Waals surface area contributed by atoms with Gasteiger partial charge in [-0.25, -0.2) is 4.98 Å². The van der Waals surface area contributed by atoms with Crippen molar-refractivity contribution in [3.63, 3.8) is 0 Å². The first kappa shape index (κ1) is 12.6. The lowest BCUT2D eigenvalue weighted by Gasteiger charge is -2.36. The Morgan fingerprint density at radius 1 is 1.47 bits per heavy atom. The van der Waals surface area contributed by atoms with Crippen LogP contribution in [0.2, 0.25) is 0 Å². The minimum absolute atomic E-state index is 0.325. The Balaban J connectivity index is 1.95. The molecule has 1 aliphatic heterocycles. The van der Waals surface area contributed by atoms with Gasteiger partial charge in [-0.15, -0.1) is 0 Å². The van der Waals surface area contributed by atoms with Crippen molar-refractivity contribution < 1.29 is 0 Å². The third-order valence-corrected chi connectivity index (χ3v) is 3.82. The van der Waals surface area contributed by atoms with E-state index in [4.69, 9.17) is 0 Å². The first-order valence-electron chi connectivity index (χ1n) is 6.49. The van der Waals surface area contributed by atoms with Crippen molar-refractivity contribution in [2.24, 2.45) is 13.0 Å². The first-order valence-corrected chi connectivity index (χ1v) is 6.49. The van der Waals surface area contributed by atoms with Gasteiger partial charge in [-0.1, -0.05) is 6.92 Å². The number of piperidine rings is 1. The smallest absolute Gasteiger partial charge is 0.125 e. The molecule has 4 nitrogen and oxygen atoms in total. The van der Waals surface area contributed by atoms with Crippen LogP contribution in [0.1, 0.15) is 32.1 Å². The van der Waals surface area contributed by atoms with E-state index in [0.29, 0.717) is 18.0 Å². The second-order valence-electron chi connectivity index (χ2n) is 5.42. The number of nitrogens with one attached hydrogen (secondary N) is 1. The van der Waals surface area contributed by atoms with Gasteiger partial charge < -0.3 is 14.8 Å². The van der Waals surface area contributed by atoms with E-state index in [1.54, 1.807) is 0 Å². The predicted octanol–water partition coefficient (Wildman–Crippen LogP) is 1.41. The maximum Gasteiger partial charge on any atom is 0.125 e. The van der Waals surface area contributed by atoms with E-state index >= 15 is 0 Å². The molecular formula is C13H24N4. The highest BCUT2D eigenvalue weighted by Gasteiger charge is 2.26. The summed E-state index contributed by atoms with van der Waals surface area (Å²) in [4.78, 5) is 6.82. The molecule has 1 fully saturated rings. The summed E-state index contributed by atoms with van der Waals surface area (Å²) in [7, 11) is 4.26. The highest BCUT2D eigenvalue weighted by molar-refractivity contribution is 4.98. The number of aromatic nitrogens is 2. The average Bonchev–Trinajstić information content (AvgIpc) is 2.68. The van der Waals surface area contributed by atoms with Gasteiger partial charge in [0.15, 0.2) is 0 Å². The molecule has 0 saturated carbocycles. The van der Waals surface area contributed by atoms with Crippen molar-refractivity contribution in [2.45, 2.75) is 32.4 Å². The van der Waals surface area contributed by atoms with E-state index in [-0.39, 0.29) is 0 Å². The Hall–Kier alpha value is -0.870. The van der Waals surface area contributed by atoms with Crippen LogP contribution in [0.25, 0.3) is 0 Å². The van der Waals surface area contributed by atoms with Crippen LogP contribution < -0.4 is 5.32 Å². The SMILES string of the molecule is CC(NC1CCN(C)CC1C)c1nccn1C. The summed E-state index contributed by atoms with van der Waals surface area (Å²) < 4.78 is 2.09. The number of hydrogen-bond donors (Lipinski definition) is 1. The second kappa shape index (κ2) is 5.19. The monoisotopic (exact) mass is 236 g/mol. The molecule has 1 saturated heterocycles. The van der Waals surface area contributed by atoms with E-state index in [9.17, 15) is 0 Å². The molecule has 96 valence electrons. The van der Waals surface area contributed by atoms with Crippen molar-refractivity contribution in [3.8, 4) is 0 Å². The van der Waals surface area contributed by atoms with E-state index in [2.05, 4.69) is 47.7 Å². The molecule has 0 amide bonds. The summed E-state index contributed by atoms with van der Waals surface area (Å²) in [5.41, 5.74) is 0. The van der Waals surface area contributed by atoms with Gasteiger partial charge in [-0.05, 0) is 32.9 Å². The largest absolute Gasteiger partial charge is 0.337 e. The van der Waals surface area contributed by atoms with Gasteiger partial charge in [0.1, 0.15) is 5.82 Å². The average molecular weight is 236 g/mol. The van der Waals surface area contributed by atoms with Crippen molar-refractivity contribution in [1.29, 1.82) is 0 Å².